The zero-order valence-corrected chi connectivity index (χ0v) is 23.2. The third-order valence-electron chi connectivity index (χ3n) is 7.97. The summed E-state index contributed by atoms with van der Waals surface area (Å²) in [5.41, 5.74) is 18.1. The monoisotopic (exact) mass is 452 g/mol. The normalized spacial score (nSPS) is 11.1. The molecule has 3 rings (SSSR count). The molecule has 34 heavy (non-hydrogen) atoms. The van der Waals surface area contributed by atoms with Crippen LogP contribution in [0.15, 0.2) is 24.3 Å². The number of hydrogen-bond donors (Lipinski definition) is 0. The van der Waals surface area contributed by atoms with Crippen LogP contribution in [0.5, 0.6) is 0 Å². The number of hydrogen-bond acceptors (Lipinski definition) is 1. The van der Waals surface area contributed by atoms with E-state index in [0.29, 0.717) is 6.42 Å². The Morgan fingerprint density at radius 1 is 0.618 bits per heavy atom. The summed E-state index contributed by atoms with van der Waals surface area (Å²) in [7, 11) is 0. The highest BCUT2D eigenvalue weighted by Crippen LogP contribution is 2.25. The molecule has 0 heterocycles. The second-order valence-corrected chi connectivity index (χ2v) is 10.5. The highest BCUT2D eigenvalue weighted by molar-refractivity contribution is 6.86. The first-order valence-corrected chi connectivity index (χ1v) is 12.7. The van der Waals surface area contributed by atoms with E-state index in [9.17, 15) is 4.79 Å². The minimum Gasteiger partial charge on any atom is -0.294 e. The number of carbonyl (C=O) groups is 1. The fourth-order valence-corrected chi connectivity index (χ4v) is 6.28. The molecule has 0 fully saturated rings. The van der Waals surface area contributed by atoms with Gasteiger partial charge in [-0.3, -0.25) is 4.79 Å². The van der Waals surface area contributed by atoms with E-state index < -0.39 is 0 Å². The van der Waals surface area contributed by atoms with Gasteiger partial charge in [0, 0.05) is 12.0 Å². The van der Waals surface area contributed by atoms with Gasteiger partial charge in [-0.25, -0.2) is 0 Å². The van der Waals surface area contributed by atoms with E-state index in [-0.39, 0.29) is 12.5 Å². The maximum Gasteiger partial charge on any atom is 0.215 e. The third-order valence-corrected chi connectivity index (χ3v) is 7.97. The van der Waals surface area contributed by atoms with Crippen molar-refractivity contribution in [3.63, 3.8) is 0 Å². The van der Waals surface area contributed by atoms with Crippen LogP contribution in [0.25, 0.3) is 0 Å². The van der Waals surface area contributed by atoms with Crippen LogP contribution in [-0.2, 0) is 6.32 Å². The van der Waals surface area contributed by atoms with Gasteiger partial charge in [-0.05, 0) is 103 Å². The van der Waals surface area contributed by atoms with Gasteiger partial charge in [0.1, 0.15) is 0 Å². The fourth-order valence-electron chi connectivity index (χ4n) is 6.28. The number of ketones is 1. The van der Waals surface area contributed by atoms with Crippen LogP contribution < -0.4 is 10.9 Å². The maximum atomic E-state index is 12.9. The molecule has 0 N–H and O–H groups in total. The Bertz CT molecular complexity index is 1200. The highest BCUT2D eigenvalue weighted by Gasteiger charge is 2.30. The predicted octanol–water partition coefficient (Wildman–Crippen LogP) is 6.75. The van der Waals surface area contributed by atoms with Gasteiger partial charge in [0.25, 0.3) is 0 Å². The van der Waals surface area contributed by atoms with E-state index in [2.05, 4.69) is 93.5 Å². The van der Waals surface area contributed by atoms with Crippen LogP contribution in [0.1, 0.15) is 84.9 Å². The molecule has 0 unspecified atom stereocenters. The van der Waals surface area contributed by atoms with Crippen molar-refractivity contribution >= 4 is 23.4 Å². The highest BCUT2D eigenvalue weighted by atomic mass is 16.1. The molecule has 0 atom stereocenters. The van der Waals surface area contributed by atoms with Crippen LogP contribution in [0, 0.1) is 69.2 Å². The zero-order valence-electron chi connectivity index (χ0n) is 23.2. The Morgan fingerprint density at radius 2 is 1.03 bits per heavy atom. The molecule has 1 nitrogen and oxygen atoms in total. The second-order valence-electron chi connectivity index (χ2n) is 10.5. The summed E-state index contributed by atoms with van der Waals surface area (Å²) in [6.07, 6.45) is 1.51. The lowest BCUT2D eigenvalue weighted by Gasteiger charge is -2.28. The summed E-state index contributed by atoms with van der Waals surface area (Å²) in [6.45, 7) is 24.3. The van der Waals surface area contributed by atoms with E-state index >= 15 is 0 Å². The molecular formula is C32H41BO. The maximum absolute atomic E-state index is 12.9. The van der Waals surface area contributed by atoms with E-state index in [1.807, 2.05) is 6.92 Å². The number of rotatable bonds is 6. The van der Waals surface area contributed by atoms with Crippen molar-refractivity contribution in [2.45, 2.75) is 88.9 Å². The molecule has 0 aromatic heterocycles. The molecular weight excluding hydrogens is 411 g/mol. The lowest BCUT2D eigenvalue weighted by Crippen LogP contribution is -2.50. The number of carbonyl (C=O) groups excluding carboxylic acids is 1. The summed E-state index contributed by atoms with van der Waals surface area (Å²) in [6, 6.07) is 9.27. The first kappa shape index (κ1) is 26.0. The molecule has 0 bridgehead atoms. The molecule has 0 saturated carbocycles. The predicted molar refractivity (Wildman–Crippen MR) is 150 cm³/mol. The zero-order chi connectivity index (χ0) is 25.5. The standard InChI is InChI=1S/C32H41BO/c1-12-29(34)30-24(8)26(10)32(27(11)25(30)9)33(31-22(6)15-19(3)16-23(31)7)17-28-20(4)13-18(2)14-21(28)5/h13-16H,12,17H2,1-11H3. The van der Waals surface area contributed by atoms with Crippen molar-refractivity contribution in [2.24, 2.45) is 0 Å². The molecule has 0 saturated heterocycles. The Labute approximate surface area is 208 Å². The van der Waals surface area contributed by atoms with Gasteiger partial charge in [-0.2, -0.15) is 0 Å². The SMILES string of the molecule is CCC(=O)c1c(C)c(C)c(B(Cc2c(C)cc(C)cc2C)c2c(C)cc(C)cc2C)c(C)c1C. The van der Waals surface area contributed by atoms with Crippen molar-refractivity contribution in [1.29, 1.82) is 0 Å². The van der Waals surface area contributed by atoms with E-state index in [4.69, 9.17) is 0 Å². The van der Waals surface area contributed by atoms with Gasteiger partial charge >= 0.3 is 0 Å². The molecule has 0 aliphatic heterocycles. The molecule has 178 valence electrons. The Kier molecular flexibility index (Phi) is 7.61. The molecule has 3 aromatic carbocycles. The van der Waals surface area contributed by atoms with Crippen LogP contribution in [-0.4, -0.2) is 12.5 Å². The van der Waals surface area contributed by atoms with Crippen LogP contribution >= 0.6 is 0 Å². The average molecular weight is 452 g/mol. The topological polar surface area (TPSA) is 17.1 Å². The van der Waals surface area contributed by atoms with Crippen molar-refractivity contribution < 1.29 is 4.79 Å². The smallest absolute Gasteiger partial charge is 0.215 e. The van der Waals surface area contributed by atoms with Crippen LogP contribution in [0.4, 0.5) is 0 Å². The summed E-state index contributed by atoms with van der Waals surface area (Å²) in [4.78, 5) is 12.9. The number of aryl methyl sites for hydroxylation is 6. The first-order valence-electron chi connectivity index (χ1n) is 12.7. The van der Waals surface area contributed by atoms with Crippen molar-refractivity contribution in [3.05, 3.63) is 91.0 Å². The van der Waals surface area contributed by atoms with Crippen molar-refractivity contribution in [1.82, 2.24) is 0 Å². The minimum absolute atomic E-state index is 0.240. The molecule has 0 radical (unpaired) electrons. The largest absolute Gasteiger partial charge is 0.294 e. The quantitative estimate of drug-likeness (QED) is 0.299. The van der Waals surface area contributed by atoms with Crippen LogP contribution in [0.2, 0.25) is 0 Å². The average Bonchev–Trinajstić information content (AvgIpc) is 2.73. The van der Waals surface area contributed by atoms with Gasteiger partial charge in [-0.15, -0.1) is 0 Å². The summed E-state index contributed by atoms with van der Waals surface area (Å²) in [5.74, 6) is 0.247. The Hall–Kier alpha value is -2.61. The van der Waals surface area contributed by atoms with Gasteiger partial charge in [0.2, 0.25) is 6.71 Å². The molecule has 0 aliphatic carbocycles. The van der Waals surface area contributed by atoms with Gasteiger partial charge in [0.15, 0.2) is 5.78 Å². The Morgan fingerprint density at radius 3 is 1.44 bits per heavy atom. The molecule has 3 aromatic rings. The van der Waals surface area contributed by atoms with E-state index in [0.717, 1.165) is 23.0 Å². The summed E-state index contributed by atoms with van der Waals surface area (Å²) < 4.78 is 0. The van der Waals surface area contributed by atoms with Gasteiger partial charge in [-0.1, -0.05) is 75.5 Å². The summed E-state index contributed by atoms with van der Waals surface area (Å²) >= 11 is 0. The van der Waals surface area contributed by atoms with Crippen molar-refractivity contribution in [3.8, 4) is 0 Å². The van der Waals surface area contributed by atoms with Crippen molar-refractivity contribution in [2.75, 3.05) is 0 Å². The minimum atomic E-state index is 0.240. The first-order chi connectivity index (χ1) is 15.9. The number of Topliss-reactive ketones (excluding diaryl/α,β-unsaturated/α-hetero) is 1. The third kappa shape index (κ3) is 4.65. The Balaban J connectivity index is 2.38. The van der Waals surface area contributed by atoms with E-state index in [1.54, 1.807) is 0 Å². The number of benzene rings is 3. The van der Waals surface area contributed by atoms with Crippen LogP contribution in [0.3, 0.4) is 0 Å². The lowest BCUT2D eigenvalue weighted by atomic mass is 9.34. The lowest BCUT2D eigenvalue weighted by molar-refractivity contribution is 0.0987. The second kappa shape index (κ2) is 9.94. The molecule has 0 aliphatic rings. The fraction of sp³-hybridized carbons (Fsp3) is 0.406. The van der Waals surface area contributed by atoms with Gasteiger partial charge < -0.3 is 0 Å². The van der Waals surface area contributed by atoms with E-state index in [1.165, 1.54) is 61.0 Å². The summed E-state index contributed by atoms with van der Waals surface area (Å²) in [5, 5.41) is 0. The molecule has 0 amide bonds. The molecule has 2 heteroatoms. The van der Waals surface area contributed by atoms with Gasteiger partial charge in [0.05, 0.1) is 0 Å². The molecule has 0 spiro atoms.